The molecule has 1 aliphatic heterocycles. The number of rotatable bonds is 3. The van der Waals surface area contributed by atoms with Gasteiger partial charge in [0.2, 0.25) is 0 Å². The minimum absolute atomic E-state index is 0.205. The highest BCUT2D eigenvalue weighted by Gasteiger charge is 2.17. The summed E-state index contributed by atoms with van der Waals surface area (Å²) >= 11 is 0. The van der Waals surface area contributed by atoms with Crippen molar-refractivity contribution in [3.63, 3.8) is 0 Å². The van der Waals surface area contributed by atoms with Gasteiger partial charge in [0.1, 0.15) is 6.07 Å². The summed E-state index contributed by atoms with van der Waals surface area (Å²) in [4.78, 5) is 8.57. The van der Waals surface area contributed by atoms with E-state index < -0.39 is 0 Å². The lowest BCUT2D eigenvalue weighted by atomic mass is 10.2. The van der Waals surface area contributed by atoms with E-state index in [4.69, 9.17) is 10.4 Å². The Kier molecular flexibility index (Phi) is 4.51. The molecule has 0 saturated carbocycles. The molecule has 1 aromatic rings. The van der Waals surface area contributed by atoms with Crippen LogP contribution in [0.25, 0.3) is 0 Å². The van der Waals surface area contributed by atoms with Crippen molar-refractivity contribution in [3.05, 3.63) is 24.0 Å². The molecule has 1 aromatic heterocycles. The minimum atomic E-state index is 0.205. The smallest absolute Gasteiger partial charge is 0.163 e. The Balaban J connectivity index is 2.08. The predicted octanol–water partition coefficient (Wildman–Crippen LogP) is 0.458. The topological polar surface area (TPSA) is 63.4 Å². The van der Waals surface area contributed by atoms with E-state index in [-0.39, 0.29) is 6.61 Å². The van der Waals surface area contributed by atoms with Crippen LogP contribution in [-0.4, -0.2) is 54.3 Å². The summed E-state index contributed by atoms with van der Waals surface area (Å²) in [7, 11) is 0. The molecular formula is C13H18N4O. The highest BCUT2D eigenvalue weighted by molar-refractivity contribution is 5.55. The molecule has 1 aliphatic rings. The molecule has 0 radical (unpaired) electrons. The van der Waals surface area contributed by atoms with Gasteiger partial charge in [-0.2, -0.15) is 5.26 Å². The monoisotopic (exact) mass is 246 g/mol. The third-order valence-electron chi connectivity index (χ3n) is 3.24. The molecule has 1 fully saturated rings. The molecule has 0 atom stereocenters. The van der Waals surface area contributed by atoms with E-state index in [0.29, 0.717) is 5.69 Å². The van der Waals surface area contributed by atoms with Gasteiger partial charge in [-0.15, -0.1) is 0 Å². The number of β-amino-alcohol motifs (C(OH)–C–C–N with tert-alkyl or cyclic N) is 1. The molecule has 0 unspecified atom stereocenters. The van der Waals surface area contributed by atoms with E-state index in [1.165, 1.54) is 0 Å². The van der Waals surface area contributed by atoms with Crippen LogP contribution in [0.15, 0.2) is 18.3 Å². The number of hydrogen-bond acceptors (Lipinski definition) is 5. The van der Waals surface area contributed by atoms with Crippen molar-refractivity contribution in [1.29, 1.82) is 5.26 Å². The average molecular weight is 246 g/mol. The van der Waals surface area contributed by atoms with E-state index in [2.05, 4.69) is 20.9 Å². The van der Waals surface area contributed by atoms with Crippen LogP contribution < -0.4 is 4.90 Å². The Morgan fingerprint density at radius 1 is 1.33 bits per heavy atom. The number of aliphatic hydroxyl groups excluding tert-OH is 1. The predicted molar refractivity (Wildman–Crippen MR) is 69.3 cm³/mol. The molecule has 96 valence electrons. The molecule has 1 N–H and O–H groups in total. The lowest BCUT2D eigenvalue weighted by Crippen LogP contribution is -2.32. The number of nitriles is 1. The number of aromatic nitrogens is 1. The maximum atomic E-state index is 9.07. The highest BCUT2D eigenvalue weighted by atomic mass is 16.3. The Morgan fingerprint density at radius 2 is 2.22 bits per heavy atom. The molecule has 0 aliphatic carbocycles. The quantitative estimate of drug-likeness (QED) is 0.839. The van der Waals surface area contributed by atoms with Gasteiger partial charge in [0.05, 0.1) is 12.3 Å². The van der Waals surface area contributed by atoms with Crippen LogP contribution in [0, 0.1) is 11.3 Å². The van der Waals surface area contributed by atoms with Crippen molar-refractivity contribution >= 4 is 5.69 Å². The molecule has 0 amide bonds. The zero-order valence-electron chi connectivity index (χ0n) is 10.4. The van der Waals surface area contributed by atoms with Crippen molar-refractivity contribution < 1.29 is 5.11 Å². The van der Waals surface area contributed by atoms with E-state index in [9.17, 15) is 0 Å². The van der Waals surface area contributed by atoms with Crippen molar-refractivity contribution in [2.75, 3.05) is 44.2 Å². The average Bonchev–Trinajstić information content (AvgIpc) is 2.65. The molecule has 2 rings (SSSR count). The standard InChI is InChI=1S/C13H18N4O/c14-11-12-13(3-1-4-15-12)17-6-2-5-16(7-8-17)9-10-18/h1,3-4,18H,2,5-10H2. The molecule has 2 heterocycles. The van der Waals surface area contributed by atoms with Crippen molar-refractivity contribution in [3.8, 4) is 6.07 Å². The van der Waals surface area contributed by atoms with Crippen LogP contribution >= 0.6 is 0 Å². The Labute approximate surface area is 107 Å². The number of aliphatic hydroxyl groups is 1. The van der Waals surface area contributed by atoms with Gasteiger partial charge in [0, 0.05) is 32.4 Å². The van der Waals surface area contributed by atoms with Gasteiger partial charge in [0.25, 0.3) is 0 Å². The third-order valence-corrected chi connectivity index (χ3v) is 3.24. The molecule has 5 heteroatoms. The van der Waals surface area contributed by atoms with E-state index in [0.717, 1.165) is 44.8 Å². The minimum Gasteiger partial charge on any atom is -0.395 e. The summed E-state index contributed by atoms with van der Waals surface area (Å²) in [6, 6.07) is 5.96. The summed E-state index contributed by atoms with van der Waals surface area (Å²) in [5.74, 6) is 0. The first-order valence-electron chi connectivity index (χ1n) is 6.28. The highest BCUT2D eigenvalue weighted by Crippen LogP contribution is 2.19. The fraction of sp³-hybridized carbons (Fsp3) is 0.538. The number of anilines is 1. The van der Waals surface area contributed by atoms with E-state index >= 15 is 0 Å². The fourth-order valence-corrected chi connectivity index (χ4v) is 2.31. The second kappa shape index (κ2) is 6.34. The van der Waals surface area contributed by atoms with Gasteiger partial charge in [-0.25, -0.2) is 4.98 Å². The fourth-order valence-electron chi connectivity index (χ4n) is 2.31. The molecule has 18 heavy (non-hydrogen) atoms. The Morgan fingerprint density at radius 3 is 3.00 bits per heavy atom. The van der Waals surface area contributed by atoms with Crippen LogP contribution in [0.3, 0.4) is 0 Å². The van der Waals surface area contributed by atoms with Crippen molar-refractivity contribution in [2.45, 2.75) is 6.42 Å². The lowest BCUT2D eigenvalue weighted by Gasteiger charge is -2.23. The largest absolute Gasteiger partial charge is 0.395 e. The normalized spacial score (nSPS) is 17.2. The SMILES string of the molecule is N#Cc1ncccc1N1CCCN(CCO)CC1. The van der Waals surface area contributed by atoms with Crippen molar-refractivity contribution in [2.24, 2.45) is 0 Å². The van der Waals surface area contributed by atoms with E-state index in [1.54, 1.807) is 6.20 Å². The first kappa shape index (κ1) is 12.8. The number of hydrogen-bond donors (Lipinski definition) is 1. The number of nitrogens with zero attached hydrogens (tertiary/aromatic N) is 4. The molecule has 5 nitrogen and oxygen atoms in total. The van der Waals surface area contributed by atoms with Crippen LogP contribution in [0.5, 0.6) is 0 Å². The summed E-state index contributed by atoms with van der Waals surface area (Å²) in [5, 5.41) is 18.0. The second-order valence-corrected chi connectivity index (χ2v) is 4.39. The molecule has 0 spiro atoms. The van der Waals surface area contributed by atoms with E-state index in [1.807, 2.05) is 12.1 Å². The lowest BCUT2D eigenvalue weighted by molar-refractivity contribution is 0.204. The van der Waals surface area contributed by atoms with Gasteiger partial charge >= 0.3 is 0 Å². The zero-order chi connectivity index (χ0) is 12.8. The van der Waals surface area contributed by atoms with Gasteiger partial charge in [-0.1, -0.05) is 0 Å². The Bertz CT molecular complexity index is 429. The van der Waals surface area contributed by atoms with Crippen LogP contribution in [0.2, 0.25) is 0 Å². The van der Waals surface area contributed by atoms with Gasteiger partial charge < -0.3 is 10.0 Å². The molecule has 0 bridgehead atoms. The van der Waals surface area contributed by atoms with Crippen molar-refractivity contribution in [1.82, 2.24) is 9.88 Å². The van der Waals surface area contributed by atoms with Crippen LogP contribution in [0.1, 0.15) is 12.1 Å². The van der Waals surface area contributed by atoms with Crippen LogP contribution in [0.4, 0.5) is 5.69 Å². The summed E-state index contributed by atoms with van der Waals surface area (Å²) in [5.41, 5.74) is 1.42. The maximum Gasteiger partial charge on any atom is 0.163 e. The molecular weight excluding hydrogens is 228 g/mol. The first-order valence-corrected chi connectivity index (χ1v) is 6.28. The summed E-state index contributed by atoms with van der Waals surface area (Å²) in [6.07, 6.45) is 2.69. The third kappa shape index (κ3) is 2.97. The zero-order valence-corrected chi connectivity index (χ0v) is 10.4. The van der Waals surface area contributed by atoms with Crippen LogP contribution in [-0.2, 0) is 0 Å². The molecule has 1 saturated heterocycles. The summed E-state index contributed by atoms with van der Waals surface area (Å²) in [6.45, 7) is 4.66. The maximum absolute atomic E-state index is 9.07. The van der Waals surface area contributed by atoms with Gasteiger partial charge in [-0.05, 0) is 25.1 Å². The summed E-state index contributed by atoms with van der Waals surface area (Å²) < 4.78 is 0. The second-order valence-electron chi connectivity index (χ2n) is 4.39. The van der Waals surface area contributed by atoms with Gasteiger partial charge in [0.15, 0.2) is 5.69 Å². The number of pyridine rings is 1. The first-order chi connectivity index (χ1) is 8.85. The Hall–Kier alpha value is -1.64. The van der Waals surface area contributed by atoms with Gasteiger partial charge in [-0.3, -0.25) is 4.90 Å². The molecule has 0 aromatic carbocycles.